The van der Waals surface area contributed by atoms with Crippen molar-refractivity contribution >= 4 is 11.9 Å². The van der Waals surface area contributed by atoms with E-state index >= 15 is 0 Å². The number of rotatable bonds is 7. The minimum atomic E-state index is -0.220. The molecule has 0 N–H and O–H groups in total. The van der Waals surface area contributed by atoms with Crippen molar-refractivity contribution in [2.45, 2.75) is 52.6 Å². The Hall–Kier alpha value is -1.06. The first-order valence-electron chi connectivity index (χ1n) is 5.45. The van der Waals surface area contributed by atoms with Crippen LogP contribution >= 0.6 is 0 Å². The molecule has 0 aromatic carbocycles. The minimum Gasteiger partial charge on any atom is -0.466 e. The van der Waals surface area contributed by atoms with Gasteiger partial charge in [0.1, 0.15) is 6.10 Å². The van der Waals surface area contributed by atoms with E-state index < -0.39 is 0 Å². The second-order valence-electron chi connectivity index (χ2n) is 3.41. The molecule has 0 saturated heterocycles. The zero-order chi connectivity index (χ0) is 11.7. The summed E-state index contributed by atoms with van der Waals surface area (Å²) in [5, 5.41) is 0. The Morgan fingerprint density at radius 2 is 1.87 bits per heavy atom. The maximum absolute atomic E-state index is 11.0. The van der Waals surface area contributed by atoms with E-state index in [0.717, 1.165) is 6.42 Å². The van der Waals surface area contributed by atoms with Gasteiger partial charge in [-0.05, 0) is 13.3 Å². The van der Waals surface area contributed by atoms with Gasteiger partial charge in [0.25, 0.3) is 0 Å². The second-order valence-corrected chi connectivity index (χ2v) is 3.41. The highest BCUT2D eigenvalue weighted by Crippen LogP contribution is 2.01. The smallest absolute Gasteiger partial charge is 0.305 e. The Bertz CT molecular complexity index is 201. The van der Waals surface area contributed by atoms with Crippen LogP contribution < -0.4 is 0 Å². The van der Waals surface area contributed by atoms with Crippen molar-refractivity contribution in [3.05, 3.63) is 0 Å². The molecule has 0 aromatic heterocycles. The van der Waals surface area contributed by atoms with Crippen LogP contribution in [-0.4, -0.2) is 24.6 Å². The molecule has 0 heterocycles. The molecule has 4 nitrogen and oxygen atoms in total. The summed E-state index contributed by atoms with van der Waals surface area (Å²) in [6.07, 6.45) is 1.98. The lowest BCUT2D eigenvalue weighted by Crippen LogP contribution is -2.17. The predicted octanol–water partition coefficient (Wildman–Crippen LogP) is 2.06. The third-order valence-corrected chi connectivity index (χ3v) is 1.86. The summed E-state index contributed by atoms with van der Waals surface area (Å²) in [6, 6.07) is 0. The summed E-state index contributed by atoms with van der Waals surface area (Å²) in [4.78, 5) is 21.9. The van der Waals surface area contributed by atoms with Gasteiger partial charge < -0.3 is 9.47 Å². The van der Waals surface area contributed by atoms with Crippen LogP contribution in [0, 0.1) is 0 Å². The van der Waals surface area contributed by atoms with E-state index in [1.807, 2.05) is 6.92 Å². The lowest BCUT2D eigenvalue weighted by molar-refractivity contribution is -0.150. The molecule has 0 saturated carbocycles. The largest absolute Gasteiger partial charge is 0.466 e. The first kappa shape index (κ1) is 13.9. The third-order valence-electron chi connectivity index (χ3n) is 1.86. The first-order chi connectivity index (χ1) is 7.10. The number of ether oxygens (including phenoxy) is 2. The molecule has 1 unspecified atom stereocenters. The topological polar surface area (TPSA) is 52.6 Å². The van der Waals surface area contributed by atoms with Crippen LogP contribution in [-0.2, 0) is 19.1 Å². The number of esters is 2. The Balaban J connectivity index is 3.50. The van der Waals surface area contributed by atoms with E-state index in [1.165, 1.54) is 0 Å². The fraction of sp³-hybridized carbons (Fsp3) is 0.818. The van der Waals surface area contributed by atoms with Gasteiger partial charge in [0.15, 0.2) is 0 Å². The third kappa shape index (κ3) is 7.97. The van der Waals surface area contributed by atoms with Crippen molar-refractivity contribution in [2.75, 3.05) is 6.61 Å². The molecule has 0 amide bonds. The van der Waals surface area contributed by atoms with Crippen molar-refractivity contribution in [1.82, 2.24) is 0 Å². The zero-order valence-corrected chi connectivity index (χ0v) is 9.75. The van der Waals surface area contributed by atoms with Gasteiger partial charge in [0, 0.05) is 19.3 Å². The summed E-state index contributed by atoms with van der Waals surface area (Å²) in [5.74, 6) is -0.408. The number of carbonyl (C=O) groups excluding carboxylic acids is 2. The maximum Gasteiger partial charge on any atom is 0.305 e. The van der Waals surface area contributed by atoms with E-state index in [2.05, 4.69) is 0 Å². The molecule has 4 heteroatoms. The molecule has 88 valence electrons. The van der Waals surface area contributed by atoms with Gasteiger partial charge >= 0.3 is 11.9 Å². The molecule has 0 aliphatic rings. The van der Waals surface area contributed by atoms with Gasteiger partial charge in [0.05, 0.1) is 6.61 Å². The van der Waals surface area contributed by atoms with Crippen molar-refractivity contribution in [2.24, 2.45) is 0 Å². The van der Waals surface area contributed by atoms with Crippen molar-refractivity contribution < 1.29 is 19.1 Å². The van der Waals surface area contributed by atoms with Crippen molar-refractivity contribution in [1.29, 1.82) is 0 Å². The van der Waals surface area contributed by atoms with Crippen LogP contribution in [0.4, 0.5) is 0 Å². The average Bonchev–Trinajstić information content (AvgIpc) is 2.18. The minimum absolute atomic E-state index is 0.188. The Kier molecular flexibility index (Phi) is 7.68. The molecule has 0 aromatic rings. The first-order valence-corrected chi connectivity index (χ1v) is 5.45. The zero-order valence-electron chi connectivity index (χ0n) is 9.75. The van der Waals surface area contributed by atoms with Crippen LogP contribution in [0.3, 0.4) is 0 Å². The molecular formula is C11H20O4. The van der Waals surface area contributed by atoms with Gasteiger partial charge in [-0.15, -0.1) is 0 Å². The highest BCUT2D eigenvalue weighted by Gasteiger charge is 2.08. The lowest BCUT2D eigenvalue weighted by Gasteiger charge is -2.12. The summed E-state index contributed by atoms with van der Waals surface area (Å²) in [5.41, 5.74) is 0. The Labute approximate surface area is 90.9 Å². The second kappa shape index (κ2) is 8.26. The fourth-order valence-electron chi connectivity index (χ4n) is 0.982. The highest BCUT2D eigenvalue weighted by molar-refractivity contribution is 5.69. The number of hydrogen-bond donors (Lipinski definition) is 0. The number of hydrogen-bond acceptors (Lipinski definition) is 4. The molecule has 0 aliphatic carbocycles. The van der Waals surface area contributed by atoms with Gasteiger partial charge in [-0.25, -0.2) is 0 Å². The Morgan fingerprint density at radius 3 is 2.40 bits per heavy atom. The molecule has 0 rings (SSSR count). The van der Waals surface area contributed by atoms with Crippen LogP contribution in [0.2, 0.25) is 0 Å². The van der Waals surface area contributed by atoms with Crippen LogP contribution in [0.25, 0.3) is 0 Å². The highest BCUT2D eigenvalue weighted by atomic mass is 16.6. The average molecular weight is 216 g/mol. The normalized spacial score (nSPS) is 11.9. The van der Waals surface area contributed by atoms with Gasteiger partial charge in [-0.2, -0.15) is 0 Å². The van der Waals surface area contributed by atoms with Gasteiger partial charge in [-0.3, -0.25) is 9.59 Å². The maximum atomic E-state index is 11.0. The van der Waals surface area contributed by atoms with E-state index in [0.29, 0.717) is 25.9 Å². The molecule has 0 radical (unpaired) electrons. The standard InChI is InChI=1S/C11H20O4/c1-4-6-11(13)14-8-7-9(3)15-10(12)5-2/h9H,4-8H2,1-3H3. The molecule has 15 heavy (non-hydrogen) atoms. The fourth-order valence-corrected chi connectivity index (χ4v) is 0.982. The van der Waals surface area contributed by atoms with Crippen LogP contribution in [0.15, 0.2) is 0 Å². The Morgan fingerprint density at radius 1 is 1.20 bits per heavy atom. The number of carbonyl (C=O) groups is 2. The molecular weight excluding hydrogens is 196 g/mol. The molecule has 0 aliphatic heterocycles. The molecule has 0 fully saturated rings. The lowest BCUT2D eigenvalue weighted by atomic mass is 10.3. The van der Waals surface area contributed by atoms with E-state index in [9.17, 15) is 9.59 Å². The van der Waals surface area contributed by atoms with Gasteiger partial charge in [0.2, 0.25) is 0 Å². The van der Waals surface area contributed by atoms with E-state index in [4.69, 9.17) is 9.47 Å². The van der Waals surface area contributed by atoms with E-state index in [1.54, 1.807) is 13.8 Å². The van der Waals surface area contributed by atoms with Crippen LogP contribution in [0.1, 0.15) is 46.5 Å². The molecule has 1 atom stereocenters. The molecule has 0 bridgehead atoms. The molecule has 0 spiro atoms. The van der Waals surface area contributed by atoms with Crippen molar-refractivity contribution in [3.63, 3.8) is 0 Å². The van der Waals surface area contributed by atoms with Crippen LogP contribution in [0.5, 0.6) is 0 Å². The monoisotopic (exact) mass is 216 g/mol. The summed E-state index contributed by atoms with van der Waals surface area (Å²) >= 11 is 0. The quantitative estimate of drug-likeness (QED) is 0.611. The van der Waals surface area contributed by atoms with Crippen molar-refractivity contribution in [3.8, 4) is 0 Å². The predicted molar refractivity (Wildman–Crippen MR) is 56.3 cm³/mol. The summed E-state index contributed by atoms with van der Waals surface area (Å²) in [7, 11) is 0. The van der Waals surface area contributed by atoms with E-state index in [-0.39, 0.29) is 18.0 Å². The van der Waals surface area contributed by atoms with Gasteiger partial charge in [-0.1, -0.05) is 13.8 Å². The summed E-state index contributed by atoms with van der Waals surface area (Å²) < 4.78 is 9.95. The SMILES string of the molecule is CCCC(=O)OCCC(C)OC(=O)CC. The summed E-state index contributed by atoms with van der Waals surface area (Å²) in [6.45, 7) is 5.78.